The Hall–Kier alpha value is -2.28. The molecule has 0 aliphatic rings. The van der Waals surface area contributed by atoms with Crippen LogP contribution in [0.2, 0.25) is 0 Å². The van der Waals surface area contributed by atoms with Gasteiger partial charge in [0.15, 0.2) is 0 Å². The summed E-state index contributed by atoms with van der Waals surface area (Å²) in [6, 6.07) is 9.83. The number of anilines is 1. The van der Waals surface area contributed by atoms with E-state index in [9.17, 15) is 13.2 Å². The van der Waals surface area contributed by atoms with Gasteiger partial charge in [0.2, 0.25) is 10.0 Å². The topological polar surface area (TPSA) is 79.6 Å². The van der Waals surface area contributed by atoms with Gasteiger partial charge in [-0.15, -0.1) is 0 Å². The van der Waals surface area contributed by atoms with Crippen LogP contribution in [0.1, 0.15) is 42.4 Å². The molecular formula is C17H22N2O4S. The molecule has 1 amide bonds. The van der Waals surface area contributed by atoms with Crippen molar-refractivity contribution >= 4 is 21.6 Å². The molecule has 24 heavy (non-hydrogen) atoms. The lowest BCUT2D eigenvalue weighted by Gasteiger charge is -2.23. The van der Waals surface area contributed by atoms with Crippen molar-refractivity contribution in [2.75, 3.05) is 17.5 Å². The van der Waals surface area contributed by atoms with Crippen LogP contribution in [-0.2, 0) is 10.0 Å². The number of hydrogen-bond acceptors (Lipinski definition) is 4. The summed E-state index contributed by atoms with van der Waals surface area (Å²) in [4.78, 5) is 14.2. The van der Waals surface area contributed by atoms with E-state index < -0.39 is 10.0 Å². The van der Waals surface area contributed by atoms with Gasteiger partial charge in [-0.3, -0.25) is 9.52 Å². The summed E-state index contributed by atoms with van der Waals surface area (Å²) in [5, 5.41) is 0. The van der Waals surface area contributed by atoms with Gasteiger partial charge < -0.3 is 9.32 Å². The van der Waals surface area contributed by atoms with Crippen LogP contribution in [-0.4, -0.2) is 32.0 Å². The fourth-order valence-electron chi connectivity index (χ4n) is 2.31. The third-order valence-electron chi connectivity index (χ3n) is 3.71. The lowest BCUT2D eigenvalue weighted by Crippen LogP contribution is -2.29. The maximum atomic E-state index is 12.6. The Labute approximate surface area is 142 Å². The van der Waals surface area contributed by atoms with Gasteiger partial charge in [-0.2, -0.15) is 0 Å². The van der Waals surface area contributed by atoms with Crippen LogP contribution >= 0.6 is 0 Å². The second kappa shape index (κ2) is 7.53. The number of carbonyl (C=O) groups excluding carboxylic acids is 1. The van der Waals surface area contributed by atoms with Crippen molar-refractivity contribution in [3.63, 3.8) is 0 Å². The molecule has 0 aliphatic heterocycles. The van der Waals surface area contributed by atoms with E-state index in [1.54, 1.807) is 55.5 Å². The van der Waals surface area contributed by atoms with Crippen molar-refractivity contribution in [2.24, 2.45) is 0 Å². The Balaban J connectivity index is 2.17. The van der Waals surface area contributed by atoms with Gasteiger partial charge in [0.1, 0.15) is 5.76 Å². The highest BCUT2D eigenvalue weighted by molar-refractivity contribution is 7.92. The fraction of sp³-hybridized carbons (Fsp3) is 0.353. The van der Waals surface area contributed by atoms with E-state index in [0.717, 1.165) is 0 Å². The minimum absolute atomic E-state index is 0.0423. The van der Waals surface area contributed by atoms with E-state index in [1.165, 1.54) is 0 Å². The molecule has 0 fully saturated rings. The molecular weight excluding hydrogens is 328 g/mol. The smallest absolute Gasteiger partial charge is 0.254 e. The van der Waals surface area contributed by atoms with Crippen LogP contribution in [0.3, 0.4) is 0 Å². The van der Waals surface area contributed by atoms with Gasteiger partial charge >= 0.3 is 0 Å². The number of hydrogen-bond donors (Lipinski definition) is 1. The van der Waals surface area contributed by atoms with Crippen LogP contribution in [0.15, 0.2) is 47.1 Å². The van der Waals surface area contributed by atoms with Crippen molar-refractivity contribution in [1.29, 1.82) is 0 Å². The van der Waals surface area contributed by atoms with E-state index in [2.05, 4.69) is 4.72 Å². The zero-order valence-corrected chi connectivity index (χ0v) is 14.8. The van der Waals surface area contributed by atoms with Gasteiger partial charge in [-0.05, 0) is 43.7 Å². The average molecular weight is 350 g/mol. The first-order valence-electron chi connectivity index (χ1n) is 7.75. The highest BCUT2D eigenvalue weighted by Crippen LogP contribution is 2.22. The quantitative estimate of drug-likeness (QED) is 0.831. The third kappa shape index (κ3) is 4.38. The van der Waals surface area contributed by atoms with Gasteiger partial charge in [0.25, 0.3) is 5.91 Å². The highest BCUT2D eigenvalue weighted by Gasteiger charge is 2.21. The molecule has 130 valence electrons. The van der Waals surface area contributed by atoms with Gasteiger partial charge in [0, 0.05) is 18.3 Å². The molecule has 2 aromatic rings. The number of nitrogens with zero attached hydrogens (tertiary/aromatic N) is 1. The summed E-state index contributed by atoms with van der Waals surface area (Å²) < 4.78 is 31.5. The zero-order valence-electron chi connectivity index (χ0n) is 14.0. The van der Waals surface area contributed by atoms with Crippen LogP contribution in [0.5, 0.6) is 0 Å². The summed E-state index contributed by atoms with van der Waals surface area (Å²) >= 11 is 0. The summed E-state index contributed by atoms with van der Waals surface area (Å²) in [5.41, 5.74) is 0.793. The lowest BCUT2D eigenvalue weighted by atomic mass is 10.1. The molecule has 1 atom stereocenters. The van der Waals surface area contributed by atoms with E-state index in [4.69, 9.17) is 4.42 Å². The Kier molecular flexibility index (Phi) is 5.66. The van der Waals surface area contributed by atoms with E-state index in [-0.39, 0.29) is 17.7 Å². The molecule has 6 nitrogen and oxygen atoms in total. The molecule has 7 heteroatoms. The monoisotopic (exact) mass is 350 g/mol. The normalized spacial score (nSPS) is 12.6. The predicted octanol–water partition coefficient (Wildman–Crippen LogP) is 3.26. The molecule has 0 aliphatic carbocycles. The number of nitrogens with one attached hydrogen (secondary N) is 1. The number of furan rings is 1. The molecule has 0 saturated carbocycles. The molecule has 1 heterocycles. The lowest BCUT2D eigenvalue weighted by molar-refractivity contribution is 0.0726. The Morgan fingerprint density at radius 3 is 2.67 bits per heavy atom. The fourth-order valence-corrected chi connectivity index (χ4v) is 3.44. The van der Waals surface area contributed by atoms with Crippen molar-refractivity contribution < 1.29 is 17.6 Å². The van der Waals surface area contributed by atoms with Gasteiger partial charge in [-0.1, -0.05) is 13.0 Å². The van der Waals surface area contributed by atoms with Gasteiger partial charge in [-0.25, -0.2) is 8.42 Å². The standard InChI is InChI=1S/C17H22N2O4S/c1-4-11-24(21,22)18-15-8-5-7-14(12-15)17(20)19(3)13(2)16-9-6-10-23-16/h5-10,12-13,18H,4,11H2,1-3H3. The van der Waals surface area contributed by atoms with E-state index >= 15 is 0 Å². The SMILES string of the molecule is CCCS(=O)(=O)Nc1cccc(C(=O)N(C)C(C)c2ccco2)c1. The maximum Gasteiger partial charge on any atom is 0.254 e. The molecule has 2 rings (SSSR count). The van der Waals surface area contributed by atoms with Crippen LogP contribution in [0.25, 0.3) is 0 Å². The molecule has 0 radical (unpaired) electrons. The van der Waals surface area contributed by atoms with E-state index in [1.807, 2.05) is 13.0 Å². The van der Waals surface area contributed by atoms with Crippen molar-refractivity contribution in [2.45, 2.75) is 26.3 Å². The number of rotatable bonds is 7. The third-order valence-corrected chi connectivity index (χ3v) is 5.20. The van der Waals surface area contributed by atoms with E-state index in [0.29, 0.717) is 23.4 Å². The first kappa shape index (κ1) is 18.1. The first-order chi connectivity index (χ1) is 11.3. The van der Waals surface area contributed by atoms with Gasteiger partial charge in [0.05, 0.1) is 18.1 Å². The number of carbonyl (C=O) groups is 1. The molecule has 0 bridgehead atoms. The highest BCUT2D eigenvalue weighted by atomic mass is 32.2. The predicted molar refractivity (Wildman–Crippen MR) is 93.4 cm³/mol. The molecule has 0 spiro atoms. The van der Waals surface area contributed by atoms with Crippen molar-refractivity contribution in [3.8, 4) is 0 Å². The second-order valence-corrected chi connectivity index (χ2v) is 7.45. The van der Waals surface area contributed by atoms with Crippen molar-refractivity contribution in [1.82, 2.24) is 4.90 Å². The van der Waals surface area contributed by atoms with Crippen LogP contribution < -0.4 is 4.72 Å². The summed E-state index contributed by atoms with van der Waals surface area (Å²) in [6.07, 6.45) is 2.09. The largest absolute Gasteiger partial charge is 0.467 e. The molecule has 1 unspecified atom stereocenters. The van der Waals surface area contributed by atoms with Crippen molar-refractivity contribution in [3.05, 3.63) is 54.0 Å². The number of sulfonamides is 1. The maximum absolute atomic E-state index is 12.6. The minimum Gasteiger partial charge on any atom is -0.467 e. The summed E-state index contributed by atoms with van der Waals surface area (Å²) in [7, 11) is -1.71. The second-order valence-electron chi connectivity index (χ2n) is 5.61. The Morgan fingerprint density at radius 2 is 2.04 bits per heavy atom. The molecule has 1 aromatic carbocycles. The Bertz CT molecular complexity index is 785. The summed E-state index contributed by atoms with van der Waals surface area (Å²) in [5.74, 6) is 0.516. The van der Waals surface area contributed by atoms with Crippen LogP contribution in [0.4, 0.5) is 5.69 Å². The molecule has 1 aromatic heterocycles. The summed E-state index contributed by atoms with van der Waals surface area (Å²) in [6.45, 7) is 3.66. The van der Waals surface area contributed by atoms with Crippen LogP contribution in [0, 0.1) is 0 Å². The Morgan fingerprint density at radius 1 is 1.29 bits per heavy atom. The zero-order chi connectivity index (χ0) is 17.7. The molecule has 0 saturated heterocycles. The molecule has 1 N–H and O–H groups in total. The minimum atomic E-state index is -3.39. The average Bonchev–Trinajstić information content (AvgIpc) is 3.06. The first-order valence-corrected chi connectivity index (χ1v) is 9.40. The number of amides is 1. The number of benzene rings is 1.